The normalized spacial score (nSPS) is 17.2. The monoisotopic (exact) mass is 526 g/mol. The smallest absolute Gasteiger partial charge is 0.262 e. The van der Waals surface area contributed by atoms with E-state index in [9.17, 15) is 22.8 Å². The average molecular weight is 527 g/mol. The number of rotatable bonds is 6. The van der Waals surface area contributed by atoms with Crippen LogP contribution in [0.1, 0.15) is 27.6 Å². The number of carbonyl (C=O) groups excluding carboxylic acids is 3. The fourth-order valence-electron chi connectivity index (χ4n) is 4.08. The van der Waals surface area contributed by atoms with Gasteiger partial charge in [-0.25, -0.2) is 13.4 Å². The number of fused-ring (bicyclic) bond motifs is 1. The van der Waals surface area contributed by atoms with Crippen LogP contribution < -0.4 is 5.32 Å². The van der Waals surface area contributed by atoms with Crippen LogP contribution in [0.15, 0.2) is 58.8 Å². The third kappa shape index (κ3) is 4.32. The summed E-state index contributed by atoms with van der Waals surface area (Å²) in [7, 11) is -3.60. The molecule has 186 valence electrons. The molecule has 0 spiro atoms. The van der Waals surface area contributed by atoms with Gasteiger partial charge in [0.1, 0.15) is 6.04 Å². The Balaban J connectivity index is 1.27. The molecule has 2 aliphatic rings. The van der Waals surface area contributed by atoms with E-state index in [4.69, 9.17) is 4.74 Å². The number of anilines is 1. The molecule has 1 saturated heterocycles. The molecule has 1 fully saturated rings. The lowest BCUT2D eigenvalue weighted by Gasteiger charge is -2.26. The number of ether oxygens (including phenoxy) is 1. The summed E-state index contributed by atoms with van der Waals surface area (Å²) in [5, 5.41) is 4.69. The highest BCUT2D eigenvalue weighted by molar-refractivity contribution is 7.89. The van der Waals surface area contributed by atoms with Gasteiger partial charge in [0, 0.05) is 24.0 Å². The van der Waals surface area contributed by atoms with E-state index in [1.807, 2.05) is 0 Å². The van der Waals surface area contributed by atoms with Crippen molar-refractivity contribution in [2.75, 3.05) is 31.6 Å². The number of carbonyl (C=O) groups is 3. The number of imide groups is 1. The topological polar surface area (TPSA) is 126 Å². The van der Waals surface area contributed by atoms with Crippen molar-refractivity contribution >= 4 is 44.2 Å². The van der Waals surface area contributed by atoms with Gasteiger partial charge in [0.25, 0.3) is 11.8 Å². The van der Waals surface area contributed by atoms with E-state index < -0.39 is 33.8 Å². The Morgan fingerprint density at radius 3 is 2.25 bits per heavy atom. The summed E-state index contributed by atoms with van der Waals surface area (Å²) < 4.78 is 32.2. The number of hydrogen-bond acceptors (Lipinski definition) is 8. The minimum Gasteiger partial charge on any atom is -0.379 e. The number of amides is 3. The molecule has 1 N–H and O–H groups in total. The van der Waals surface area contributed by atoms with Crippen LogP contribution in [0.2, 0.25) is 0 Å². The quantitative estimate of drug-likeness (QED) is 0.489. The van der Waals surface area contributed by atoms with Gasteiger partial charge < -0.3 is 10.1 Å². The first kappa shape index (κ1) is 24.3. The Labute approximate surface area is 211 Å². The lowest BCUT2D eigenvalue weighted by Crippen LogP contribution is -2.45. The van der Waals surface area contributed by atoms with E-state index >= 15 is 0 Å². The number of aromatic nitrogens is 1. The summed E-state index contributed by atoms with van der Waals surface area (Å²) in [4.78, 5) is 43.7. The lowest BCUT2D eigenvalue weighted by atomic mass is 10.1. The number of nitrogens with zero attached hydrogens (tertiary/aromatic N) is 3. The van der Waals surface area contributed by atoms with Crippen LogP contribution in [0.5, 0.6) is 0 Å². The zero-order valence-electron chi connectivity index (χ0n) is 19.2. The molecule has 36 heavy (non-hydrogen) atoms. The molecule has 0 saturated carbocycles. The van der Waals surface area contributed by atoms with Crippen LogP contribution in [0, 0.1) is 0 Å². The van der Waals surface area contributed by atoms with Crippen molar-refractivity contribution in [2.45, 2.75) is 17.9 Å². The Kier molecular flexibility index (Phi) is 6.43. The number of hydrogen-bond donors (Lipinski definition) is 1. The largest absolute Gasteiger partial charge is 0.379 e. The summed E-state index contributed by atoms with van der Waals surface area (Å²) in [6.45, 7) is 2.86. The maximum Gasteiger partial charge on any atom is 0.262 e. The minimum absolute atomic E-state index is 0.187. The van der Waals surface area contributed by atoms with Crippen molar-refractivity contribution in [1.29, 1.82) is 0 Å². The molecule has 1 atom stereocenters. The Bertz CT molecular complexity index is 1410. The van der Waals surface area contributed by atoms with E-state index in [-0.39, 0.29) is 16.0 Å². The molecule has 1 unspecified atom stereocenters. The van der Waals surface area contributed by atoms with Gasteiger partial charge in [-0.15, -0.1) is 11.3 Å². The van der Waals surface area contributed by atoms with Gasteiger partial charge in [0.2, 0.25) is 15.9 Å². The molecule has 0 radical (unpaired) electrons. The lowest BCUT2D eigenvalue weighted by molar-refractivity contribution is -0.119. The highest BCUT2D eigenvalue weighted by atomic mass is 32.2. The van der Waals surface area contributed by atoms with Crippen LogP contribution in [0.3, 0.4) is 0 Å². The van der Waals surface area contributed by atoms with Crippen molar-refractivity contribution in [1.82, 2.24) is 14.2 Å². The molecule has 10 nitrogen and oxygen atoms in total. The average Bonchev–Trinajstić information content (AvgIpc) is 3.46. The third-order valence-corrected chi connectivity index (χ3v) is 8.76. The Morgan fingerprint density at radius 1 is 1.03 bits per heavy atom. The third-order valence-electron chi connectivity index (χ3n) is 6.08. The molecule has 2 aromatic carbocycles. The summed E-state index contributed by atoms with van der Waals surface area (Å²) in [6, 6.07) is 11.8. The number of thiazole rings is 1. The maximum absolute atomic E-state index is 12.8. The van der Waals surface area contributed by atoms with Gasteiger partial charge in [-0.2, -0.15) is 4.31 Å². The molecule has 3 heterocycles. The summed E-state index contributed by atoms with van der Waals surface area (Å²) in [5.74, 6) is -1.56. The van der Waals surface area contributed by atoms with Crippen LogP contribution in [0.4, 0.5) is 5.13 Å². The number of morpholine rings is 1. The molecule has 12 heteroatoms. The standard InChI is InChI=1S/C24H22N4O6S2/c1-15(28-22(30)18-4-2-3-5-19(18)23(28)31)21(29)26-24-25-20(14-35-24)16-6-8-17(9-7-16)36(32,33)27-10-12-34-13-11-27/h2-9,14-15H,10-13H2,1H3,(H,25,26,29). The molecule has 5 rings (SSSR count). The van der Waals surface area contributed by atoms with E-state index in [0.29, 0.717) is 42.7 Å². The van der Waals surface area contributed by atoms with Gasteiger partial charge in [-0.1, -0.05) is 24.3 Å². The Morgan fingerprint density at radius 2 is 1.64 bits per heavy atom. The predicted molar refractivity (Wildman–Crippen MR) is 132 cm³/mol. The van der Waals surface area contributed by atoms with Crippen molar-refractivity contribution in [2.24, 2.45) is 0 Å². The highest BCUT2D eigenvalue weighted by Gasteiger charge is 2.40. The van der Waals surface area contributed by atoms with E-state index in [1.54, 1.807) is 41.8 Å². The second-order valence-electron chi connectivity index (χ2n) is 8.27. The summed E-state index contributed by atoms with van der Waals surface area (Å²) in [5.41, 5.74) is 1.79. The van der Waals surface area contributed by atoms with Crippen molar-refractivity contribution in [3.05, 3.63) is 65.0 Å². The van der Waals surface area contributed by atoms with Crippen molar-refractivity contribution in [3.63, 3.8) is 0 Å². The van der Waals surface area contributed by atoms with E-state index in [1.165, 1.54) is 34.7 Å². The zero-order valence-corrected chi connectivity index (χ0v) is 20.8. The van der Waals surface area contributed by atoms with Crippen molar-refractivity contribution < 1.29 is 27.5 Å². The molecule has 0 bridgehead atoms. The predicted octanol–water partition coefficient (Wildman–Crippen LogP) is 2.45. The molecule has 2 aliphatic heterocycles. The minimum atomic E-state index is -3.60. The molecule has 1 aromatic heterocycles. The van der Waals surface area contributed by atoms with Crippen LogP contribution in [-0.2, 0) is 19.6 Å². The van der Waals surface area contributed by atoms with Gasteiger partial charge >= 0.3 is 0 Å². The molecule has 3 aromatic rings. The SMILES string of the molecule is CC(C(=O)Nc1nc(-c2ccc(S(=O)(=O)N3CCOCC3)cc2)cs1)N1C(=O)c2ccccc2C1=O. The van der Waals surface area contributed by atoms with E-state index in [0.717, 1.165) is 4.90 Å². The zero-order chi connectivity index (χ0) is 25.4. The van der Waals surface area contributed by atoms with Gasteiger partial charge in [-0.05, 0) is 31.2 Å². The molecular weight excluding hydrogens is 504 g/mol. The molecular formula is C24H22N4O6S2. The fourth-order valence-corrected chi connectivity index (χ4v) is 6.21. The first-order valence-electron chi connectivity index (χ1n) is 11.2. The van der Waals surface area contributed by atoms with Crippen molar-refractivity contribution in [3.8, 4) is 11.3 Å². The van der Waals surface area contributed by atoms with Gasteiger partial charge in [-0.3, -0.25) is 19.3 Å². The highest BCUT2D eigenvalue weighted by Crippen LogP contribution is 2.28. The fraction of sp³-hybridized carbons (Fsp3) is 0.250. The van der Waals surface area contributed by atoms with E-state index in [2.05, 4.69) is 10.3 Å². The van der Waals surface area contributed by atoms with Crippen LogP contribution >= 0.6 is 11.3 Å². The number of benzene rings is 2. The number of nitrogens with one attached hydrogen (secondary N) is 1. The summed E-state index contributed by atoms with van der Waals surface area (Å²) >= 11 is 1.18. The van der Waals surface area contributed by atoms with Gasteiger partial charge in [0.05, 0.1) is 34.9 Å². The first-order valence-corrected chi connectivity index (χ1v) is 13.5. The van der Waals surface area contributed by atoms with Crippen LogP contribution in [0.25, 0.3) is 11.3 Å². The number of sulfonamides is 1. The van der Waals surface area contributed by atoms with Gasteiger partial charge in [0.15, 0.2) is 5.13 Å². The van der Waals surface area contributed by atoms with Crippen LogP contribution in [-0.4, -0.2) is 72.7 Å². The Hall–Kier alpha value is -3.45. The summed E-state index contributed by atoms with van der Waals surface area (Å²) in [6.07, 6.45) is 0. The maximum atomic E-state index is 12.8. The second-order valence-corrected chi connectivity index (χ2v) is 11.1. The second kappa shape index (κ2) is 9.54. The molecule has 3 amide bonds. The first-order chi connectivity index (χ1) is 17.3. The molecule has 0 aliphatic carbocycles.